The van der Waals surface area contributed by atoms with E-state index < -0.39 is 0 Å². The zero-order chi connectivity index (χ0) is 29.3. The van der Waals surface area contributed by atoms with Gasteiger partial charge >= 0.3 is 0 Å². The zero-order valence-corrected chi connectivity index (χ0v) is 24.3. The van der Waals surface area contributed by atoms with Crippen molar-refractivity contribution >= 4 is 22.2 Å². The summed E-state index contributed by atoms with van der Waals surface area (Å²) in [6, 6.07) is 13.5. The lowest BCUT2D eigenvalue weighted by Crippen LogP contribution is -2.31. The fourth-order valence-electron chi connectivity index (χ4n) is 4.71. The molecular weight excluding hydrogens is 545 g/mol. The van der Waals surface area contributed by atoms with Crippen LogP contribution in [0.1, 0.15) is 22.6 Å². The van der Waals surface area contributed by atoms with Crippen molar-refractivity contribution in [2.24, 2.45) is 0 Å². The minimum Gasteiger partial charge on any atom is -0.493 e. The van der Waals surface area contributed by atoms with E-state index in [-0.39, 0.29) is 23.7 Å². The first-order valence-corrected chi connectivity index (χ1v) is 13.9. The number of fused-ring (bicyclic) bond motifs is 1. The smallest absolute Gasteiger partial charge is 0.268 e. The van der Waals surface area contributed by atoms with Crippen molar-refractivity contribution in [2.75, 3.05) is 27.8 Å². The molecular formula is C30H30FN5O4S. The lowest BCUT2D eigenvalue weighted by Gasteiger charge is -2.18. The molecule has 11 heteroatoms. The molecule has 0 fully saturated rings. The number of hydrogen-bond donors (Lipinski definition) is 0. The summed E-state index contributed by atoms with van der Waals surface area (Å²) in [7, 11) is 4.93. The Bertz CT molecular complexity index is 1790. The van der Waals surface area contributed by atoms with Crippen LogP contribution in [0.4, 0.5) is 4.39 Å². The largest absolute Gasteiger partial charge is 0.493 e. The van der Waals surface area contributed by atoms with Crippen molar-refractivity contribution in [2.45, 2.75) is 26.7 Å². The monoisotopic (exact) mass is 575 g/mol. The van der Waals surface area contributed by atoms with Gasteiger partial charge in [0.1, 0.15) is 11.5 Å². The van der Waals surface area contributed by atoms with E-state index in [4.69, 9.17) is 9.47 Å². The fourth-order valence-corrected chi connectivity index (χ4v) is 5.64. The van der Waals surface area contributed by atoms with E-state index >= 15 is 0 Å². The SMILES string of the molecule is COc1ccc(CCN(C)C(=O)Cc2csc3nc(C)c(-c4cc(C)n(-c5ccc(F)cc5)n4)c(=O)n23)cc1OC. The molecule has 0 aliphatic rings. The van der Waals surface area contributed by atoms with E-state index in [2.05, 4.69) is 10.1 Å². The van der Waals surface area contributed by atoms with Gasteiger partial charge in [-0.25, -0.2) is 14.1 Å². The number of halogens is 1. The Morgan fingerprint density at radius 2 is 1.78 bits per heavy atom. The molecule has 5 aromatic rings. The Morgan fingerprint density at radius 3 is 2.49 bits per heavy atom. The van der Waals surface area contributed by atoms with Crippen LogP contribution in [-0.4, -0.2) is 57.8 Å². The molecule has 3 aromatic heterocycles. The second-order valence-corrected chi connectivity index (χ2v) is 10.5. The first kappa shape index (κ1) is 28.0. The van der Waals surface area contributed by atoms with Gasteiger partial charge in [0.15, 0.2) is 16.5 Å². The highest BCUT2D eigenvalue weighted by atomic mass is 32.1. The maximum atomic E-state index is 13.8. The molecule has 0 bridgehead atoms. The number of carbonyl (C=O) groups is 1. The van der Waals surface area contributed by atoms with Gasteiger partial charge < -0.3 is 14.4 Å². The minimum atomic E-state index is -0.339. The average Bonchev–Trinajstić information content (AvgIpc) is 3.54. The topological polar surface area (TPSA) is 91.0 Å². The molecule has 0 radical (unpaired) electrons. The molecule has 0 saturated heterocycles. The summed E-state index contributed by atoms with van der Waals surface area (Å²) >= 11 is 1.32. The van der Waals surface area contributed by atoms with Crippen LogP contribution in [0.15, 0.2) is 58.7 Å². The van der Waals surface area contributed by atoms with Crippen molar-refractivity contribution in [1.29, 1.82) is 0 Å². The Balaban J connectivity index is 1.38. The van der Waals surface area contributed by atoms with Crippen LogP contribution in [0, 0.1) is 19.7 Å². The van der Waals surface area contributed by atoms with Gasteiger partial charge in [0.25, 0.3) is 5.56 Å². The van der Waals surface area contributed by atoms with E-state index in [1.54, 1.807) is 61.4 Å². The molecule has 41 heavy (non-hydrogen) atoms. The van der Waals surface area contributed by atoms with Gasteiger partial charge in [-0.15, -0.1) is 11.3 Å². The third kappa shape index (κ3) is 5.58. The number of rotatable bonds is 9. The van der Waals surface area contributed by atoms with Crippen molar-refractivity contribution in [1.82, 2.24) is 24.1 Å². The number of aryl methyl sites for hydroxylation is 2. The van der Waals surface area contributed by atoms with Crippen molar-refractivity contribution < 1.29 is 18.7 Å². The van der Waals surface area contributed by atoms with Gasteiger partial charge in [0.2, 0.25) is 5.91 Å². The molecule has 212 valence electrons. The minimum absolute atomic E-state index is 0.0512. The summed E-state index contributed by atoms with van der Waals surface area (Å²) in [5.74, 6) is 0.833. The highest BCUT2D eigenvalue weighted by Gasteiger charge is 2.21. The lowest BCUT2D eigenvalue weighted by atomic mass is 10.1. The van der Waals surface area contributed by atoms with Crippen LogP contribution in [0.3, 0.4) is 0 Å². The lowest BCUT2D eigenvalue weighted by molar-refractivity contribution is -0.129. The van der Waals surface area contributed by atoms with E-state index in [0.717, 1.165) is 11.3 Å². The van der Waals surface area contributed by atoms with Crippen molar-refractivity contribution in [3.8, 4) is 28.4 Å². The predicted octanol–water partition coefficient (Wildman–Crippen LogP) is 4.63. The summed E-state index contributed by atoms with van der Waals surface area (Å²) in [4.78, 5) is 33.8. The maximum absolute atomic E-state index is 13.8. The molecule has 3 heterocycles. The number of ether oxygens (including phenoxy) is 2. The van der Waals surface area contributed by atoms with Gasteiger partial charge in [-0.3, -0.25) is 14.0 Å². The third-order valence-electron chi connectivity index (χ3n) is 6.98. The average molecular weight is 576 g/mol. The molecule has 5 rings (SSSR count). The molecule has 0 N–H and O–H groups in total. The van der Waals surface area contributed by atoms with E-state index in [1.807, 2.05) is 25.1 Å². The summed E-state index contributed by atoms with van der Waals surface area (Å²) in [6.07, 6.45) is 0.684. The summed E-state index contributed by atoms with van der Waals surface area (Å²) in [5, 5.41) is 6.44. The molecule has 0 spiro atoms. The Labute approximate surface area is 240 Å². The number of nitrogens with zero attached hydrogens (tertiary/aromatic N) is 5. The second-order valence-electron chi connectivity index (χ2n) is 9.71. The quantitative estimate of drug-likeness (QED) is 0.255. The number of likely N-dealkylation sites (N-methyl/N-ethyl adjacent to an activating group) is 1. The molecule has 0 unspecified atom stereocenters. The van der Waals surface area contributed by atoms with Gasteiger partial charge in [-0.1, -0.05) is 6.07 Å². The standard InChI is InChI=1S/C30H30FN5O4S/c1-18-14-24(33-36(18)22-9-7-21(31)8-10-22)28-19(2)32-30-35(29(28)38)23(17-41-30)16-27(37)34(3)13-12-20-6-11-25(39-4)26(15-20)40-5/h6-11,14-15,17H,12-13,16H2,1-5H3. The number of amides is 1. The van der Waals surface area contributed by atoms with Crippen LogP contribution >= 0.6 is 11.3 Å². The zero-order valence-electron chi connectivity index (χ0n) is 23.5. The van der Waals surface area contributed by atoms with Crippen LogP contribution in [0.5, 0.6) is 11.5 Å². The van der Waals surface area contributed by atoms with Gasteiger partial charge in [0, 0.05) is 30.4 Å². The highest BCUT2D eigenvalue weighted by molar-refractivity contribution is 7.15. The van der Waals surface area contributed by atoms with Crippen LogP contribution in [-0.2, 0) is 17.6 Å². The molecule has 0 aliphatic heterocycles. The Kier molecular flexibility index (Phi) is 7.89. The van der Waals surface area contributed by atoms with E-state index in [0.29, 0.717) is 57.8 Å². The molecule has 9 nitrogen and oxygen atoms in total. The predicted molar refractivity (Wildman–Crippen MR) is 156 cm³/mol. The van der Waals surface area contributed by atoms with Crippen LogP contribution in [0.25, 0.3) is 21.9 Å². The van der Waals surface area contributed by atoms with E-state index in [1.165, 1.54) is 27.9 Å². The molecule has 2 aromatic carbocycles. The number of methoxy groups -OCH3 is 2. The van der Waals surface area contributed by atoms with Gasteiger partial charge in [0.05, 0.1) is 37.6 Å². The first-order chi connectivity index (χ1) is 19.7. The van der Waals surface area contributed by atoms with Crippen molar-refractivity contribution in [3.05, 3.63) is 92.7 Å². The fraction of sp³-hybridized carbons (Fsp3) is 0.267. The van der Waals surface area contributed by atoms with Crippen LogP contribution in [0.2, 0.25) is 0 Å². The Morgan fingerprint density at radius 1 is 1.05 bits per heavy atom. The number of carbonyl (C=O) groups excluding carboxylic acids is 1. The van der Waals surface area contributed by atoms with Crippen LogP contribution < -0.4 is 15.0 Å². The number of aromatic nitrogens is 4. The highest BCUT2D eigenvalue weighted by Crippen LogP contribution is 2.28. The summed E-state index contributed by atoms with van der Waals surface area (Å²) in [6.45, 7) is 4.13. The number of thiazole rings is 1. The Hall–Kier alpha value is -4.51. The third-order valence-corrected chi connectivity index (χ3v) is 7.85. The molecule has 0 atom stereocenters. The van der Waals surface area contributed by atoms with Gasteiger partial charge in [-0.2, -0.15) is 5.10 Å². The van der Waals surface area contributed by atoms with Crippen molar-refractivity contribution in [3.63, 3.8) is 0 Å². The first-order valence-electron chi connectivity index (χ1n) is 13.0. The van der Waals surface area contributed by atoms with E-state index in [9.17, 15) is 14.0 Å². The number of benzene rings is 2. The summed E-state index contributed by atoms with van der Waals surface area (Å²) in [5.41, 5.74) is 4.14. The summed E-state index contributed by atoms with van der Waals surface area (Å²) < 4.78 is 27.3. The molecule has 0 saturated carbocycles. The number of hydrogen-bond acceptors (Lipinski definition) is 7. The molecule has 0 aliphatic carbocycles. The maximum Gasteiger partial charge on any atom is 0.268 e. The van der Waals surface area contributed by atoms with Gasteiger partial charge in [-0.05, 0) is 68.3 Å². The molecule has 1 amide bonds. The second kappa shape index (κ2) is 11.5. The normalized spacial score (nSPS) is 11.2.